The second kappa shape index (κ2) is 6.35. The first-order chi connectivity index (χ1) is 9.81. The van der Waals surface area contributed by atoms with Crippen molar-refractivity contribution in [2.24, 2.45) is 0 Å². The molecule has 1 N–H and O–H groups in total. The summed E-state index contributed by atoms with van der Waals surface area (Å²) in [7, 11) is 0. The molecule has 1 aliphatic heterocycles. The highest BCUT2D eigenvalue weighted by molar-refractivity contribution is 5.75. The van der Waals surface area contributed by atoms with Crippen molar-refractivity contribution in [1.29, 1.82) is 0 Å². The molecule has 1 amide bonds. The van der Waals surface area contributed by atoms with Crippen LogP contribution >= 0.6 is 0 Å². The number of carbonyl (C=O) groups excluding carboxylic acids is 1. The number of hydrogen-bond acceptors (Lipinski definition) is 4. The topological polar surface area (TPSA) is 63.1 Å². The lowest BCUT2D eigenvalue weighted by Crippen LogP contribution is -2.34. The van der Waals surface area contributed by atoms with Gasteiger partial charge in [-0.15, -0.1) is 5.10 Å². The van der Waals surface area contributed by atoms with Gasteiger partial charge in [-0.25, -0.2) is 4.68 Å². The first-order valence-electron chi connectivity index (χ1n) is 7.71. The summed E-state index contributed by atoms with van der Waals surface area (Å²) in [5, 5.41) is 11.6. The fourth-order valence-electron chi connectivity index (χ4n) is 2.59. The van der Waals surface area contributed by atoms with E-state index >= 15 is 0 Å². The van der Waals surface area contributed by atoms with E-state index in [0.717, 1.165) is 38.2 Å². The molecule has 6 heteroatoms. The van der Waals surface area contributed by atoms with Crippen LogP contribution in [0.2, 0.25) is 0 Å². The van der Waals surface area contributed by atoms with Crippen LogP contribution in [0.25, 0.3) is 0 Å². The summed E-state index contributed by atoms with van der Waals surface area (Å²) in [5.41, 5.74) is 0.917. The van der Waals surface area contributed by atoms with Crippen LogP contribution in [0.3, 0.4) is 0 Å². The Hall–Kier alpha value is -1.43. The molecule has 2 heterocycles. The predicted molar refractivity (Wildman–Crippen MR) is 74.9 cm³/mol. The van der Waals surface area contributed by atoms with Crippen molar-refractivity contribution in [3.63, 3.8) is 0 Å². The zero-order chi connectivity index (χ0) is 13.8. The molecule has 1 aromatic rings. The minimum absolute atomic E-state index is 0.165. The minimum atomic E-state index is 0.165. The van der Waals surface area contributed by atoms with Gasteiger partial charge in [0.1, 0.15) is 6.54 Å². The molecule has 3 rings (SSSR count). The molecule has 0 radical (unpaired) electrons. The van der Waals surface area contributed by atoms with Gasteiger partial charge in [0, 0.05) is 25.7 Å². The zero-order valence-electron chi connectivity index (χ0n) is 11.9. The summed E-state index contributed by atoms with van der Waals surface area (Å²) in [6, 6.07) is 0.666. The summed E-state index contributed by atoms with van der Waals surface area (Å²) in [6.45, 7) is 2.85. The Morgan fingerprint density at radius 3 is 2.70 bits per heavy atom. The molecule has 0 unspecified atom stereocenters. The molecule has 2 fully saturated rings. The second-order valence-corrected chi connectivity index (χ2v) is 5.86. The standard InChI is InChI=1S/C14H23N5O/c20-14(18-7-3-1-2-4-8-18)11-19-10-13(16-17-19)9-15-12-5-6-12/h10,12,15H,1-9,11H2. The van der Waals surface area contributed by atoms with Crippen LogP contribution in [-0.2, 0) is 17.9 Å². The fraction of sp³-hybridized carbons (Fsp3) is 0.786. The summed E-state index contributed by atoms with van der Waals surface area (Å²) >= 11 is 0. The molecule has 1 aromatic heterocycles. The van der Waals surface area contributed by atoms with Crippen molar-refractivity contribution < 1.29 is 4.79 Å². The van der Waals surface area contributed by atoms with Gasteiger partial charge in [-0.1, -0.05) is 18.1 Å². The van der Waals surface area contributed by atoms with Gasteiger partial charge in [0.25, 0.3) is 0 Å². The minimum Gasteiger partial charge on any atom is -0.341 e. The number of carbonyl (C=O) groups is 1. The molecule has 0 bridgehead atoms. The third kappa shape index (κ3) is 3.79. The van der Waals surface area contributed by atoms with Crippen LogP contribution in [0.1, 0.15) is 44.2 Å². The quantitative estimate of drug-likeness (QED) is 0.870. The lowest BCUT2D eigenvalue weighted by molar-refractivity contribution is -0.132. The van der Waals surface area contributed by atoms with Gasteiger partial charge in [-0.2, -0.15) is 0 Å². The van der Waals surface area contributed by atoms with Crippen molar-refractivity contribution in [2.75, 3.05) is 13.1 Å². The monoisotopic (exact) mass is 277 g/mol. The fourth-order valence-corrected chi connectivity index (χ4v) is 2.59. The Morgan fingerprint density at radius 2 is 2.00 bits per heavy atom. The van der Waals surface area contributed by atoms with E-state index in [1.54, 1.807) is 4.68 Å². The van der Waals surface area contributed by atoms with E-state index < -0.39 is 0 Å². The predicted octanol–water partition coefficient (Wildman–Crippen LogP) is 0.933. The number of nitrogens with zero attached hydrogens (tertiary/aromatic N) is 4. The Morgan fingerprint density at radius 1 is 1.25 bits per heavy atom. The molecular weight excluding hydrogens is 254 g/mol. The Labute approximate surface area is 119 Å². The van der Waals surface area contributed by atoms with Crippen molar-refractivity contribution >= 4 is 5.91 Å². The Balaban J connectivity index is 1.49. The van der Waals surface area contributed by atoms with Gasteiger partial charge in [0.05, 0.1) is 11.9 Å². The van der Waals surface area contributed by atoms with Crippen molar-refractivity contribution in [2.45, 2.75) is 57.7 Å². The van der Waals surface area contributed by atoms with Gasteiger partial charge in [0.15, 0.2) is 0 Å². The van der Waals surface area contributed by atoms with E-state index in [0.29, 0.717) is 12.6 Å². The van der Waals surface area contributed by atoms with Crippen molar-refractivity contribution in [3.8, 4) is 0 Å². The number of aromatic nitrogens is 3. The summed E-state index contributed by atoms with van der Waals surface area (Å²) in [4.78, 5) is 14.2. The van der Waals surface area contributed by atoms with E-state index in [4.69, 9.17) is 0 Å². The maximum absolute atomic E-state index is 12.2. The largest absolute Gasteiger partial charge is 0.341 e. The SMILES string of the molecule is O=C(Cn1cc(CNC2CC2)nn1)N1CCCCCC1. The maximum Gasteiger partial charge on any atom is 0.244 e. The molecular formula is C14H23N5O. The second-order valence-electron chi connectivity index (χ2n) is 5.86. The van der Waals surface area contributed by atoms with Crippen LogP contribution in [0.15, 0.2) is 6.20 Å². The molecule has 20 heavy (non-hydrogen) atoms. The maximum atomic E-state index is 12.2. The third-order valence-electron chi connectivity index (χ3n) is 3.99. The van der Waals surface area contributed by atoms with Gasteiger partial charge < -0.3 is 10.2 Å². The number of rotatable bonds is 5. The summed E-state index contributed by atoms with van der Waals surface area (Å²) in [6.07, 6.45) is 9.14. The van der Waals surface area contributed by atoms with E-state index in [1.807, 2.05) is 11.1 Å². The molecule has 0 aromatic carbocycles. The molecule has 1 saturated carbocycles. The van der Waals surface area contributed by atoms with Gasteiger partial charge >= 0.3 is 0 Å². The molecule has 2 aliphatic rings. The highest BCUT2D eigenvalue weighted by Crippen LogP contribution is 2.18. The highest BCUT2D eigenvalue weighted by atomic mass is 16.2. The molecule has 1 saturated heterocycles. The number of likely N-dealkylation sites (tertiary alicyclic amines) is 1. The van der Waals surface area contributed by atoms with Gasteiger partial charge in [0.2, 0.25) is 5.91 Å². The van der Waals surface area contributed by atoms with Crippen LogP contribution in [0.5, 0.6) is 0 Å². The van der Waals surface area contributed by atoms with Crippen LogP contribution < -0.4 is 5.32 Å². The number of hydrogen-bond donors (Lipinski definition) is 1. The first-order valence-corrected chi connectivity index (χ1v) is 7.71. The normalized spacial score (nSPS) is 19.9. The Kier molecular flexibility index (Phi) is 4.30. The van der Waals surface area contributed by atoms with E-state index in [9.17, 15) is 4.79 Å². The van der Waals surface area contributed by atoms with E-state index in [2.05, 4.69) is 15.6 Å². The molecule has 1 aliphatic carbocycles. The molecule has 6 nitrogen and oxygen atoms in total. The summed E-state index contributed by atoms with van der Waals surface area (Å²) < 4.78 is 1.66. The summed E-state index contributed by atoms with van der Waals surface area (Å²) in [5.74, 6) is 0.165. The van der Waals surface area contributed by atoms with Crippen LogP contribution in [0.4, 0.5) is 0 Å². The Bertz CT molecular complexity index is 446. The van der Waals surface area contributed by atoms with Crippen LogP contribution in [0, 0.1) is 0 Å². The van der Waals surface area contributed by atoms with Crippen molar-refractivity contribution in [1.82, 2.24) is 25.2 Å². The highest BCUT2D eigenvalue weighted by Gasteiger charge is 2.21. The number of nitrogens with one attached hydrogen (secondary N) is 1. The first kappa shape index (κ1) is 13.5. The van der Waals surface area contributed by atoms with Crippen molar-refractivity contribution in [3.05, 3.63) is 11.9 Å². The van der Waals surface area contributed by atoms with E-state index in [-0.39, 0.29) is 5.91 Å². The zero-order valence-corrected chi connectivity index (χ0v) is 11.9. The number of amides is 1. The third-order valence-corrected chi connectivity index (χ3v) is 3.99. The average Bonchev–Trinajstić information content (AvgIpc) is 3.22. The molecule has 0 atom stereocenters. The molecule has 0 spiro atoms. The molecule has 110 valence electrons. The van der Waals surface area contributed by atoms with Gasteiger partial charge in [-0.3, -0.25) is 4.79 Å². The average molecular weight is 277 g/mol. The van der Waals surface area contributed by atoms with E-state index in [1.165, 1.54) is 25.7 Å². The lowest BCUT2D eigenvalue weighted by Gasteiger charge is -2.19. The van der Waals surface area contributed by atoms with Gasteiger partial charge in [-0.05, 0) is 25.7 Å². The lowest BCUT2D eigenvalue weighted by atomic mass is 10.2. The smallest absolute Gasteiger partial charge is 0.244 e. The van der Waals surface area contributed by atoms with Crippen LogP contribution in [-0.4, -0.2) is 44.9 Å².